The Balaban J connectivity index is 2.34. The molecule has 3 N–H and O–H groups in total. The molecule has 0 fully saturated rings. The summed E-state index contributed by atoms with van der Waals surface area (Å²) in [6.07, 6.45) is 1.59. The van der Waals surface area contributed by atoms with Crippen molar-refractivity contribution in [2.24, 2.45) is 5.84 Å². The third kappa shape index (κ3) is 3.30. The van der Waals surface area contributed by atoms with Gasteiger partial charge >= 0.3 is 0 Å². The number of hydrogen-bond acceptors (Lipinski definition) is 3. The topological polar surface area (TPSA) is 47.3 Å². The Morgan fingerprint density at radius 2 is 2.15 bits per heavy atom. The van der Waals surface area contributed by atoms with Crippen molar-refractivity contribution >= 4 is 10.8 Å². The van der Waals surface area contributed by atoms with Gasteiger partial charge in [0.05, 0.1) is 7.11 Å². The molecule has 3 heteroatoms. The summed E-state index contributed by atoms with van der Waals surface area (Å²) in [7, 11) is 1.69. The van der Waals surface area contributed by atoms with E-state index in [0.29, 0.717) is 0 Å². The van der Waals surface area contributed by atoms with E-state index in [1.54, 1.807) is 7.11 Å². The number of fused-ring (bicyclic) bond motifs is 1. The summed E-state index contributed by atoms with van der Waals surface area (Å²) in [6, 6.07) is 12.6. The standard InChI is InChI=1S/C17H20N2O/c1-3-4-8-15(19-18)11-14-7-5-6-13-9-10-16(20-2)12-17(13)14/h5-7,9-10,12,15,19H,8,11,18H2,1-2H3. The highest BCUT2D eigenvalue weighted by molar-refractivity contribution is 5.87. The second kappa shape index (κ2) is 6.95. The quantitative estimate of drug-likeness (QED) is 0.498. The summed E-state index contributed by atoms with van der Waals surface area (Å²) in [5, 5.41) is 2.41. The third-order valence-electron chi connectivity index (χ3n) is 3.41. The highest BCUT2D eigenvalue weighted by atomic mass is 16.5. The lowest BCUT2D eigenvalue weighted by Gasteiger charge is -2.15. The molecular weight excluding hydrogens is 248 g/mol. The van der Waals surface area contributed by atoms with Crippen LogP contribution in [0, 0.1) is 11.8 Å². The number of ether oxygens (including phenoxy) is 1. The van der Waals surface area contributed by atoms with Crippen molar-refractivity contribution in [3.63, 3.8) is 0 Å². The van der Waals surface area contributed by atoms with Gasteiger partial charge in [-0.3, -0.25) is 11.3 Å². The summed E-state index contributed by atoms with van der Waals surface area (Å²) in [6.45, 7) is 1.84. The molecule has 0 bridgehead atoms. The predicted molar refractivity (Wildman–Crippen MR) is 83.4 cm³/mol. The van der Waals surface area contributed by atoms with Crippen LogP contribution in [0.4, 0.5) is 0 Å². The zero-order valence-electron chi connectivity index (χ0n) is 11.9. The Bertz CT molecular complexity index is 640. The Labute approximate surface area is 120 Å². The van der Waals surface area contributed by atoms with Crippen molar-refractivity contribution in [2.45, 2.75) is 25.8 Å². The minimum absolute atomic E-state index is 0.152. The van der Waals surface area contributed by atoms with Crippen molar-refractivity contribution in [1.29, 1.82) is 0 Å². The number of nitrogens with one attached hydrogen (secondary N) is 1. The van der Waals surface area contributed by atoms with Crippen LogP contribution in [0.1, 0.15) is 18.9 Å². The van der Waals surface area contributed by atoms with Crippen LogP contribution in [0.2, 0.25) is 0 Å². The molecule has 0 amide bonds. The second-order valence-electron chi connectivity index (χ2n) is 4.70. The lowest BCUT2D eigenvalue weighted by atomic mass is 9.97. The normalized spacial score (nSPS) is 11.8. The van der Waals surface area contributed by atoms with Gasteiger partial charge in [-0.15, -0.1) is 11.8 Å². The van der Waals surface area contributed by atoms with Gasteiger partial charge in [0.15, 0.2) is 0 Å². The van der Waals surface area contributed by atoms with E-state index < -0.39 is 0 Å². The maximum Gasteiger partial charge on any atom is 0.119 e. The van der Waals surface area contributed by atoms with Gasteiger partial charge in [-0.2, -0.15) is 0 Å². The minimum Gasteiger partial charge on any atom is -0.497 e. The molecule has 0 spiro atoms. The molecule has 0 aliphatic rings. The van der Waals surface area contributed by atoms with Crippen LogP contribution in [0.15, 0.2) is 36.4 Å². The predicted octanol–water partition coefficient (Wildman–Crippen LogP) is 2.64. The molecule has 2 aromatic carbocycles. The van der Waals surface area contributed by atoms with Crippen molar-refractivity contribution in [3.05, 3.63) is 42.0 Å². The molecule has 1 atom stereocenters. The van der Waals surface area contributed by atoms with Gasteiger partial charge in [0, 0.05) is 12.5 Å². The first-order chi connectivity index (χ1) is 9.78. The van der Waals surface area contributed by atoms with E-state index in [4.69, 9.17) is 10.6 Å². The lowest BCUT2D eigenvalue weighted by Crippen LogP contribution is -2.36. The van der Waals surface area contributed by atoms with Gasteiger partial charge in [-0.1, -0.05) is 24.3 Å². The molecule has 2 aromatic rings. The van der Waals surface area contributed by atoms with Gasteiger partial charge in [-0.25, -0.2) is 0 Å². The van der Waals surface area contributed by atoms with E-state index in [9.17, 15) is 0 Å². The number of benzene rings is 2. The van der Waals surface area contributed by atoms with Gasteiger partial charge in [0.25, 0.3) is 0 Å². The molecule has 3 nitrogen and oxygen atoms in total. The Morgan fingerprint density at radius 3 is 2.85 bits per heavy atom. The van der Waals surface area contributed by atoms with E-state index in [1.165, 1.54) is 16.3 Å². The average molecular weight is 268 g/mol. The largest absolute Gasteiger partial charge is 0.497 e. The molecule has 2 rings (SSSR count). The molecule has 0 aromatic heterocycles. The molecule has 1 unspecified atom stereocenters. The van der Waals surface area contributed by atoms with Crippen molar-refractivity contribution in [2.75, 3.05) is 7.11 Å². The smallest absolute Gasteiger partial charge is 0.119 e. The summed E-state index contributed by atoms with van der Waals surface area (Å²) in [5.41, 5.74) is 4.10. The van der Waals surface area contributed by atoms with Crippen LogP contribution in [-0.2, 0) is 6.42 Å². The zero-order valence-corrected chi connectivity index (χ0v) is 11.9. The molecule has 0 heterocycles. The van der Waals surface area contributed by atoms with Crippen LogP contribution in [0.3, 0.4) is 0 Å². The van der Waals surface area contributed by atoms with Crippen molar-refractivity contribution in [1.82, 2.24) is 5.43 Å². The minimum atomic E-state index is 0.152. The fourth-order valence-corrected chi connectivity index (χ4v) is 2.30. The summed E-state index contributed by atoms with van der Waals surface area (Å²) in [4.78, 5) is 0. The van der Waals surface area contributed by atoms with E-state index in [0.717, 1.165) is 18.6 Å². The maximum absolute atomic E-state index is 5.62. The SMILES string of the molecule is CC#CCC(Cc1cccc2ccc(OC)cc12)NN. The van der Waals surface area contributed by atoms with Gasteiger partial charge < -0.3 is 4.74 Å². The number of nitrogens with two attached hydrogens (primary N) is 1. The Hall–Kier alpha value is -2.02. The van der Waals surface area contributed by atoms with Gasteiger partial charge in [-0.05, 0) is 41.8 Å². The highest BCUT2D eigenvalue weighted by Gasteiger charge is 2.09. The highest BCUT2D eigenvalue weighted by Crippen LogP contribution is 2.25. The molecule has 0 aliphatic carbocycles. The zero-order chi connectivity index (χ0) is 14.4. The van der Waals surface area contributed by atoms with Crippen LogP contribution in [0.5, 0.6) is 5.75 Å². The number of hydrazine groups is 1. The van der Waals surface area contributed by atoms with Crippen LogP contribution in [-0.4, -0.2) is 13.2 Å². The third-order valence-corrected chi connectivity index (χ3v) is 3.41. The number of hydrogen-bond donors (Lipinski definition) is 2. The molecular formula is C17H20N2O. The van der Waals surface area contributed by atoms with Crippen LogP contribution >= 0.6 is 0 Å². The van der Waals surface area contributed by atoms with Crippen molar-refractivity contribution < 1.29 is 4.74 Å². The fourth-order valence-electron chi connectivity index (χ4n) is 2.30. The monoisotopic (exact) mass is 268 g/mol. The van der Waals surface area contributed by atoms with E-state index >= 15 is 0 Å². The summed E-state index contributed by atoms with van der Waals surface area (Å²) >= 11 is 0. The van der Waals surface area contributed by atoms with E-state index in [2.05, 4.69) is 47.6 Å². The first-order valence-corrected chi connectivity index (χ1v) is 6.70. The summed E-state index contributed by atoms with van der Waals surface area (Å²) in [5.74, 6) is 12.5. The first kappa shape index (κ1) is 14.4. The molecule has 0 aliphatic heterocycles. The maximum atomic E-state index is 5.62. The first-order valence-electron chi connectivity index (χ1n) is 6.70. The van der Waals surface area contributed by atoms with Crippen molar-refractivity contribution in [3.8, 4) is 17.6 Å². The van der Waals surface area contributed by atoms with Gasteiger partial charge in [0.1, 0.15) is 5.75 Å². The van der Waals surface area contributed by atoms with Crippen LogP contribution in [0.25, 0.3) is 10.8 Å². The molecule has 104 valence electrons. The van der Waals surface area contributed by atoms with Gasteiger partial charge in [0.2, 0.25) is 0 Å². The van der Waals surface area contributed by atoms with E-state index in [-0.39, 0.29) is 6.04 Å². The fraction of sp³-hybridized carbons (Fsp3) is 0.294. The molecule has 0 saturated heterocycles. The molecule has 20 heavy (non-hydrogen) atoms. The average Bonchev–Trinajstić information content (AvgIpc) is 2.51. The van der Waals surface area contributed by atoms with Crippen LogP contribution < -0.4 is 16.0 Å². The second-order valence-corrected chi connectivity index (χ2v) is 4.70. The number of methoxy groups -OCH3 is 1. The van der Waals surface area contributed by atoms with E-state index in [1.807, 2.05) is 13.0 Å². The molecule has 0 radical (unpaired) electrons. The Morgan fingerprint density at radius 1 is 1.30 bits per heavy atom. The number of rotatable bonds is 5. The Kier molecular flexibility index (Phi) is 5.00. The lowest BCUT2D eigenvalue weighted by molar-refractivity contribution is 0.415. The molecule has 0 saturated carbocycles. The summed E-state index contributed by atoms with van der Waals surface area (Å²) < 4.78 is 5.31.